The van der Waals surface area contributed by atoms with Crippen LogP contribution in [0.1, 0.15) is 16.2 Å². The quantitative estimate of drug-likeness (QED) is 0.592. The van der Waals surface area contributed by atoms with Crippen LogP contribution in [0.2, 0.25) is 0 Å². The highest BCUT2D eigenvalue weighted by Crippen LogP contribution is 2.20. The number of amides is 1. The Morgan fingerprint density at radius 1 is 1.04 bits per heavy atom. The third-order valence-electron chi connectivity index (χ3n) is 4.09. The van der Waals surface area contributed by atoms with Gasteiger partial charge in [-0.05, 0) is 25.1 Å². The normalized spacial score (nSPS) is 10.9. The standard InChI is InChI=1S/C20H14F2N4O/c1-12-9-17(13-5-3-2-4-6-13)23-19-11-18(25-26(12)19)20(27)24-16-8-7-14(21)10-15(16)22/h2-11H,1H3,(H,24,27). The second-order valence-electron chi connectivity index (χ2n) is 6.03. The first-order chi connectivity index (χ1) is 13.0. The summed E-state index contributed by atoms with van der Waals surface area (Å²) in [6, 6.07) is 16.0. The molecule has 0 saturated carbocycles. The fraction of sp³-hybridized carbons (Fsp3) is 0.0500. The van der Waals surface area contributed by atoms with E-state index in [2.05, 4.69) is 15.4 Å². The van der Waals surface area contributed by atoms with Crippen molar-refractivity contribution in [3.63, 3.8) is 0 Å². The van der Waals surface area contributed by atoms with Crippen molar-refractivity contribution >= 4 is 17.2 Å². The molecule has 7 heteroatoms. The maximum absolute atomic E-state index is 13.7. The number of anilines is 1. The number of rotatable bonds is 3. The Bertz CT molecular complexity index is 1160. The Morgan fingerprint density at radius 3 is 2.56 bits per heavy atom. The summed E-state index contributed by atoms with van der Waals surface area (Å²) in [6.45, 7) is 1.86. The van der Waals surface area contributed by atoms with Crippen molar-refractivity contribution in [2.24, 2.45) is 0 Å². The summed E-state index contributed by atoms with van der Waals surface area (Å²) in [4.78, 5) is 17.0. The predicted molar refractivity (Wildman–Crippen MR) is 97.5 cm³/mol. The molecule has 1 N–H and O–H groups in total. The topological polar surface area (TPSA) is 59.3 Å². The first-order valence-electron chi connectivity index (χ1n) is 8.20. The average molecular weight is 364 g/mol. The number of fused-ring (bicyclic) bond motifs is 1. The van der Waals surface area contributed by atoms with E-state index in [1.165, 1.54) is 6.07 Å². The van der Waals surface area contributed by atoms with Crippen molar-refractivity contribution in [1.82, 2.24) is 14.6 Å². The number of hydrogen-bond acceptors (Lipinski definition) is 3. The zero-order chi connectivity index (χ0) is 19.0. The molecule has 0 spiro atoms. The van der Waals surface area contributed by atoms with Gasteiger partial charge in [-0.1, -0.05) is 30.3 Å². The minimum atomic E-state index is -0.854. The van der Waals surface area contributed by atoms with E-state index < -0.39 is 17.5 Å². The lowest BCUT2D eigenvalue weighted by molar-refractivity contribution is 0.102. The first kappa shape index (κ1) is 16.8. The Kier molecular flexibility index (Phi) is 4.12. The predicted octanol–water partition coefficient (Wildman–Crippen LogP) is 4.24. The van der Waals surface area contributed by atoms with Gasteiger partial charge in [0.2, 0.25) is 0 Å². The van der Waals surface area contributed by atoms with Gasteiger partial charge in [0, 0.05) is 23.4 Å². The summed E-state index contributed by atoms with van der Waals surface area (Å²) in [5, 5.41) is 6.63. The average Bonchev–Trinajstić information content (AvgIpc) is 3.10. The fourth-order valence-electron chi connectivity index (χ4n) is 2.77. The summed E-state index contributed by atoms with van der Waals surface area (Å²) < 4.78 is 28.3. The SMILES string of the molecule is Cc1cc(-c2ccccc2)nc2cc(C(=O)Nc3ccc(F)cc3F)nn12. The van der Waals surface area contributed by atoms with E-state index in [-0.39, 0.29) is 11.4 Å². The van der Waals surface area contributed by atoms with E-state index in [1.54, 1.807) is 4.52 Å². The van der Waals surface area contributed by atoms with Crippen molar-refractivity contribution in [2.45, 2.75) is 6.92 Å². The van der Waals surface area contributed by atoms with Gasteiger partial charge in [0.25, 0.3) is 5.91 Å². The Morgan fingerprint density at radius 2 is 1.81 bits per heavy atom. The van der Waals surface area contributed by atoms with E-state index >= 15 is 0 Å². The van der Waals surface area contributed by atoms with Gasteiger partial charge in [0.1, 0.15) is 11.6 Å². The molecule has 0 saturated heterocycles. The molecule has 134 valence electrons. The first-order valence-corrected chi connectivity index (χ1v) is 8.20. The lowest BCUT2D eigenvalue weighted by atomic mass is 10.1. The van der Waals surface area contributed by atoms with Crippen LogP contribution < -0.4 is 5.32 Å². The maximum Gasteiger partial charge on any atom is 0.276 e. The highest BCUT2D eigenvalue weighted by molar-refractivity contribution is 6.03. The number of aryl methyl sites for hydroxylation is 1. The zero-order valence-corrected chi connectivity index (χ0v) is 14.3. The minimum absolute atomic E-state index is 0.0829. The van der Waals surface area contributed by atoms with E-state index in [0.717, 1.165) is 29.1 Å². The Balaban J connectivity index is 1.68. The van der Waals surface area contributed by atoms with Crippen LogP contribution in [0.4, 0.5) is 14.5 Å². The van der Waals surface area contributed by atoms with Crippen LogP contribution in [0.5, 0.6) is 0 Å². The van der Waals surface area contributed by atoms with E-state index in [9.17, 15) is 13.6 Å². The summed E-state index contributed by atoms with van der Waals surface area (Å²) >= 11 is 0. The highest BCUT2D eigenvalue weighted by atomic mass is 19.1. The van der Waals surface area contributed by atoms with Crippen LogP contribution in [0.3, 0.4) is 0 Å². The molecule has 5 nitrogen and oxygen atoms in total. The molecular weight excluding hydrogens is 350 g/mol. The maximum atomic E-state index is 13.7. The van der Waals surface area contributed by atoms with Gasteiger partial charge in [0.05, 0.1) is 11.4 Å². The number of carbonyl (C=O) groups is 1. The molecule has 0 fully saturated rings. The van der Waals surface area contributed by atoms with Crippen molar-refractivity contribution in [3.8, 4) is 11.3 Å². The van der Waals surface area contributed by atoms with Gasteiger partial charge in [-0.2, -0.15) is 5.10 Å². The number of nitrogens with one attached hydrogen (secondary N) is 1. The summed E-state index contributed by atoms with van der Waals surface area (Å²) in [6.07, 6.45) is 0. The van der Waals surface area contributed by atoms with Gasteiger partial charge < -0.3 is 5.32 Å². The van der Waals surface area contributed by atoms with Crippen molar-refractivity contribution in [2.75, 3.05) is 5.32 Å². The van der Waals surface area contributed by atoms with Crippen molar-refractivity contribution in [3.05, 3.63) is 83.7 Å². The molecule has 4 rings (SSSR count). The molecule has 0 unspecified atom stereocenters. The molecule has 27 heavy (non-hydrogen) atoms. The molecule has 0 aliphatic rings. The number of hydrogen-bond donors (Lipinski definition) is 1. The third kappa shape index (κ3) is 3.27. The summed E-state index contributed by atoms with van der Waals surface area (Å²) in [5.74, 6) is -2.18. The lowest BCUT2D eigenvalue weighted by Gasteiger charge is -2.04. The molecule has 0 bridgehead atoms. The number of nitrogens with zero attached hydrogens (tertiary/aromatic N) is 3. The van der Waals surface area contributed by atoms with Crippen molar-refractivity contribution < 1.29 is 13.6 Å². The van der Waals surface area contributed by atoms with Gasteiger partial charge >= 0.3 is 0 Å². The zero-order valence-electron chi connectivity index (χ0n) is 14.3. The smallest absolute Gasteiger partial charge is 0.276 e. The second-order valence-corrected chi connectivity index (χ2v) is 6.03. The van der Waals surface area contributed by atoms with Crippen LogP contribution in [0.15, 0.2) is 60.7 Å². The minimum Gasteiger partial charge on any atom is -0.318 e. The molecule has 2 aromatic carbocycles. The number of halogens is 2. The second kappa shape index (κ2) is 6.60. The van der Waals surface area contributed by atoms with E-state index in [1.807, 2.05) is 43.3 Å². The molecule has 2 heterocycles. The third-order valence-corrected chi connectivity index (χ3v) is 4.09. The van der Waals surface area contributed by atoms with Crippen LogP contribution in [-0.4, -0.2) is 20.5 Å². The van der Waals surface area contributed by atoms with Gasteiger partial charge in [0.15, 0.2) is 11.3 Å². The molecule has 0 aliphatic carbocycles. The molecule has 2 aromatic heterocycles. The van der Waals surface area contributed by atoms with E-state index in [4.69, 9.17) is 0 Å². The lowest BCUT2D eigenvalue weighted by Crippen LogP contribution is -2.14. The van der Waals surface area contributed by atoms with Gasteiger partial charge in [-0.25, -0.2) is 18.3 Å². The fourth-order valence-corrected chi connectivity index (χ4v) is 2.77. The van der Waals surface area contributed by atoms with Crippen LogP contribution in [0.25, 0.3) is 16.9 Å². The molecule has 0 aliphatic heterocycles. The molecule has 4 aromatic rings. The number of aromatic nitrogens is 3. The van der Waals surface area contributed by atoms with Crippen molar-refractivity contribution in [1.29, 1.82) is 0 Å². The van der Waals surface area contributed by atoms with Crippen LogP contribution in [-0.2, 0) is 0 Å². The Hall–Kier alpha value is -3.61. The summed E-state index contributed by atoms with van der Waals surface area (Å²) in [7, 11) is 0. The molecule has 1 amide bonds. The number of carbonyl (C=O) groups excluding carboxylic acids is 1. The van der Waals surface area contributed by atoms with E-state index in [0.29, 0.717) is 11.7 Å². The largest absolute Gasteiger partial charge is 0.318 e. The highest BCUT2D eigenvalue weighted by Gasteiger charge is 2.16. The van der Waals surface area contributed by atoms with Crippen LogP contribution >= 0.6 is 0 Å². The summed E-state index contributed by atoms with van der Waals surface area (Å²) in [5.41, 5.74) is 2.97. The monoisotopic (exact) mass is 364 g/mol. The van der Waals surface area contributed by atoms with Gasteiger partial charge in [-0.3, -0.25) is 4.79 Å². The molecule has 0 atom stereocenters. The Labute approximate surface area is 153 Å². The molecule has 0 radical (unpaired) electrons. The number of benzene rings is 2. The van der Waals surface area contributed by atoms with Crippen LogP contribution in [0, 0.1) is 18.6 Å². The van der Waals surface area contributed by atoms with Gasteiger partial charge in [-0.15, -0.1) is 0 Å². The molecular formula is C20H14F2N4O.